The Morgan fingerprint density at radius 3 is 0.556 bits per heavy atom. The van der Waals surface area contributed by atoms with E-state index in [1.807, 2.05) is 0 Å². The first-order valence-corrected chi connectivity index (χ1v) is 45.0. The molecule has 0 bridgehead atoms. The van der Waals surface area contributed by atoms with Gasteiger partial charge in [-0.15, -0.1) is 0 Å². The summed E-state index contributed by atoms with van der Waals surface area (Å²) in [5.74, 6) is 0. The Morgan fingerprint density at radius 2 is 0.302 bits per heavy atom. The van der Waals surface area contributed by atoms with Crippen molar-refractivity contribution in [3.8, 4) is 89.0 Å². The van der Waals surface area contributed by atoms with Gasteiger partial charge >= 0.3 is 0 Å². The number of aryl methyl sites for hydroxylation is 3. The molecule has 0 saturated carbocycles. The maximum absolute atomic E-state index is 2.51. The summed E-state index contributed by atoms with van der Waals surface area (Å²) in [6.07, 6.45) is 0. The molecule has 17 aromatic carbocycles. The van der Waals surface area contributed by atoms with E-state index in [9.17, 15) is 0 Å². The second-order valence-electron chi connectivity index (χ2n) is 39.1. The van der Waals surface area contributed by atoms with E-state index in [4.69, 9.17) is 0 Å². The first-order valence-electron chi connectivity index (χ1n) is 45.0. The lowest BCUT2D eigenvalue weighted by Crippen LogP contribution is -2.18. The number of hydrogen-bond donors (Lipinski definition) is 0. The molecule has 614 valence electrons. The quantitative estimate of drug-likeness (QED) is 0.128. The molecule has 23 rings (SSSR count). The third kappa shape index (κ3) is 12.8. The average Bonchev–Trinajstić information content (AvgIpc) is 1.55. The SMILES string of the molecule is Cc1ccc(N(c2ccc(-c3ccccc3)cc2)c2ccc3c(c2)C(C)(C)c2cc4c(cc2-3)C(C)(C)c2ccccc2-4)cc1.Cc1ccc(N(c2ccc(-c3ccccc3)cc2)c2ccc3c(c2)C(C)(C)c2ccccc2-3)cc1.Cc1ccc(N(c2ccc3c(c2)C(C)(C)c2ccccc2-3)c2ccc3c(c2)C(C)(C)c2cc4c(cc2-3)C(C)(C)c2ccccc2-4)cc1. The summed E-state index contributed by atoms with van der Waals surface area (Å²) in [7, 11) is 0. The van der Waals surface area contributed by atoms with Crippen LogP contribution in [0.3, 0.4) is 0 Å². The Bertz CT molecular complexity index is 7180. The number of rotatable bonds is 11. The van der Waals surface area contributed by atoms with Crippen LogP contribution in [0.5, 0.6) is 0 Å². The molecule has 0 fully saturated rings. The highest BCUT2D eigenvalue weighted by Crippen LogP contribution is 2.61. The highest BCUT2D eigenvalue weighted by molar-refractivity contribution is 5.96. The predicted molar refractivity (Wildman–Crippen MR) is 534 cm³/mol. The number of nitrogens with zero attached hydrogens (tertiary/aromatic N) is 3. The molecular formula is C123H107N3. The minimum Gasteiger partial charge on any atom is -0.310 e. The van der Waals surface area contributed by atoms with E-state index in [0.717, 1.165) is 22.7 Å². The van der Waals surface area contributed by atoms with Gasteiger partial charge in [0.05, 0.1) is 0 Å². The van der Waals surface area contributed by atoms with Crippen LogP contribution < -0.4 is 14.7 Å². The number of hydrogen-bond acceptors (Lipinski definition) is 3. The predicted octanol–water partition coefficient (Wildman–Crippen LogP) is 33.6. The van der Waals surface area contributed by atoms with Crippen molar-refractivity contribution in [3.63, 3.8) is 0 Å². The Labute approximate surface area is 745 Å². The van der Waals surface area contributed by atoms with Gasteiger partial charge in [0.2, 0.25) is 0 Å². The summed E-state index contributed by atoms with van der Waals surface area (Å²) in [4.78, 5) is 7.22. The highest BCUT2D eigenvalue weighted by Gasteiger charge is 2.45. The van der Waals surface area contributed by atoms with Gasteiger partial charge in [-0.1, -0.05) is 342 Å². The molecule has 3 heteroatoms. The van der Waals surface area contributed by atoms with Crippen LogP contribution in [0, 0.1) is 20.8 Å². The van der Waals surface area contributed by atoms with Gasteiger partial charge in [-0.3, -0.25) is 0 Å². The van der Waals surface area contributed by atoms with E-state index in [0.29, 0.717) is 0 Å². The van der Waals surface area contributed by atoms with Crippen LogP contribution in [0.4, 0.5) is 51.2 Å². The smallest absolute Gasteiger partial charge is 0.0465 e. The minimum atomic E-state index is -0.127. The number of benzene rings is 17. The van der Waals surface area contributed by atoms with Crippen LogP contribution in [-0.2, 0) is 32.5 Å². The number of anilines is 9. The molecule has 6 aliphatic rings. The fraction of sp³-hybridized carbons (Fsp3) is 0.171. The normalized spacial score (nSPS) is 15.0. The van der Waals surface area contributed by atoms with Crippen LogP contribution >= 0.6 is 0 Å². The lowest BCUT2D eigenvalue weighted by molar-refractivity contribution is 0.652. The lowest BCUT2D eigenvalue weighted by Gasteiger charge is -2.30. The molecule has 0 amide bonds. The van der Waals surface area contributed by atoms with E-state index in [2.05, 4.69) is 495 Å². The third-order valence-corrected chi connectivity index (χ3v) is 29.2. The third-order valence-electron chi connectivity index (χ3n) is 29.2. The first kappa shape index (κ1) is 79.3. The highest BCUT2D eigenvalue weighted by atomic mass is 15.2. The fourth-order valence-corrected chi connectivity index (χ4v) is 22.1. The van der Waals surface area contributed by atoms with E-state index in [1.165, 1.54) is 201 Å². The van der Waals surface area contributed by atoms with Gasteiger partial charge in [-0.05, 0) is 310 Å². The van der Waals surface area contributed by atoms with Crippen molar-refractivity contribution < 1.29 is 0 Å². The van der Waals surface area contributed by atoms with E-state index in [1.54, 1.807) is 0 Å². The van der Waals surface area contributed by atoms with Gasteiger partial charge in [0.25, 0.3) is 0 Å². The summed E-state index contributed by atoms with van der Waals surface area (Å²) < 4.78 is 0. The Kier molecular flexibility index (Phi) is 18.7. The second kappa shape index (κ2) is 29.7. The largest absolute Gasteiger partial charge is 0.310 e. The molecule has 17 aromatic rings. The Morgan fingerprint density at radius 1 is 0.135 bits per heavy atom. The van der Waals surface area contributed by atoms with Gasteiger partial charge in [0.1, 0.15) is 0 Å². The van der Waals surface area contributed by atoms with E-state index >= 15 is 0 Å². The fourth-order valence-electron chi connectivity index (χ4n) is 22.1. The maximum atomic E-state index is 2.51. The first-order chi connectivity index (χ1) is 60.7. The van der Waals surface area contributed by atoms with Crippen molar-refractivity contribution in [1.82, 2.24) is 0 Å². The van der Waals surface area contributed by atoms with Gasteiger partial charge in [-0.2, -0.15) is 0 Å². The molecule has 6 aliphatic carbocycles. The van der Waals surface area contributed by atoms with Crippen molar-refractivity contribution >= 4 is 51.2 Å². The molecule has 3 nitrogen and oxygen atoms in total. The van der Waals surface area contributed by atoms with Gasteiger partial charge < -0.3 is 14.7 Å². The number of fused-ring (bicyclic) bond motifs is 18. The standard InChI is InChI=1S/C46H41N.C43H37N.C34H29N/c1-28-16-18-29(19-17-28)47(30-20-22-34-32-12-8-10-14-38(32)44(2,3)40(34)24-30)31-21-23-35-37-27-42-36(26-43(37)46(6,7)41(35)25-31)33-13-9-11-15-39(33)45(42,4)5;1-28-15-19-31(20-16-28)44(32-21-17-30(18-22-32)29-11-7-6-8-12-29)33-23-24-35-37-27-40-36(26-41(37)43(4,5)39(35)25-33)34-13-9-10-14-38(34)42(40,2)3;1-24-13-17-27(18-14-24)35(28-19-15-26(16-20-28)25-9-5-4-6-10-25)29-21-22-31-30-11-7-8-12-32(30)34(2,3)33(31)23-29/h8-27H,1-7H3;6-27H,1-5H3;4-23H,1-3H3. The van der Waals surface area contributed by atoms with E-state index in [-0.39, 0.29) is 32.5 Å². The van der Waals surface area contributed by atoms with Crippen molar-refractivity contribution in [3.05, 3.63) is 460 Å². The zero-order chi connectivity index (χ0) is 86.7. The van der Waals surface area contributed by atoms with Crippen molar-refractivity contribution in [1.29, 1.82) is 0 Å². The molecule has 0 unspecified atom stereocenters. The average molecular weight is 1630 g/mol. The van der Waals surface area contributed by atoms with Crippen LogP contribution in [0.25, 0.3) is 89.0 Å². The Hall–Kier alpha value is -13.9. The minimum absolute atomic E-state index is 0.0120. The molecule has 0 radical (unpaired) electrons. The monoisotopic (exact) mass is 1630 g/mol. The van der Waals surface area contributed by atoms with Crippen molar-refractivity contribution in [2.24, 2.45) is 0 Å². The summed E-state index contributed by atoms with van der Waals surface area (Å²) in [5.41, 5.74) is 52.3. The van der Waals surface area contributed by atoms with Crippen LogP contribution in [0.15, 0.2) is 376 Å². The second-order valence-corrected chi connectivity index (χ2v) is 39.1. The summed E-state index contributed by atoms with van der Waals surface area (Å²) >= 11 is 0. The summed E-state index contributed by atoms with van der Waals surface area (Å²) in [5, 5.41) is 0. The topological polar surface area (TPSA) is 9.72 Å². The van der Waals surface area contributed by atoms with Crippen LogP contribution in [-0.4, -0.2) is 0 Å². The molecular weight excluding hydrogens is 1520 g/mol. The van der Waals surface area contributed by atoms with E-state index < -0.39 is 0 Å². The molecule has 0 N–H and O–H groups in total. The Balaban J connectivity index is 0.000000117. The lowest BCUT2D eigenvalue weighted by atomic mass is 9.79. The van der Waals surface area contributed by atoms with Crippen molar-refractivity contribution in [2.75, 3.05) is 14.7 Å². The molecule has 0 aliphatic heterocycles. The van der Waals surface area contributed by atoms with Gasteiger partial charge in [0, 0.05) is 83.7 Å². The zero-order valence-electron chi connectivity index (χ0n) is 75.1. The molecule has 0 atom stereocenters. The summed E-state index contributed by atoms with van der Waals surface area (Å²) in [6.45, 7) is 35.0. The van der Waals surface area contributed by atoms with Gasteiger partial charge in [-0.25, -0.2) is 0 Å². The zero-order valence-corrected chi connectivity index (χ0v) is 75.1. The molecule has 0 saturated heterocycles. The molecule has 126 heavy (non-hydrogen) atoms. The van der Waals surface area contributed by atoms with Gasteiger partial charge in [0.15, 0.2) is 0 Å². The van der Waals surface area contributed by atoms with Crippen molar-refractivity contribution in [2.45, 2.75) is 136 Å². The van der Waals surface area contributed by atoms with Crippen LogP contribution in [0.1, 0.15) is 167 Å². The van der Waals surface area contributed by atoms with Crippen LogP contribution in [0.2, 0.25) is 0 Å². The summed E-state index contributed by atoms with van der Waals surface area (Å²) in [6, 6.07) is 140. The maximum Gasteiger partial charge on any atom is 0.0465 e. The molecule has 0 heterocycles. The molecule has 0 spiro atoms. The molecule has 0 aromatic heterocycles.